The number of hydrogen-bond donors (Lipinski definition) is 0. The third-order valence-electron chi connectivity index (χ3n) is 2.04. The summed E-state index contributed by atoms with van der Waals surface area (Å²) in [6.45, 7) is 0.593. The van der Waals surface area contributed by atoms with E-state index < -0.39 is 11.4 Å². The fraction of sp³-hybridized carbons (Fsp3) is 0.400. The topological polar surface area (TPSA) is 54.0 Å². The Kier molecular flexibility index (Phi) is 3.76. The van der Waals surface area contributed by atoms with Gasteiger partial charge < -0.3 is 9.47 Å². The Morgan fingerprint density at radius 3 is 3.00 bits per heavy atom. The van der Waals surface area contributed by atoms with Crippen LogP contribution in [0, 0.1) is 0 Å². The molecule has 0 aliphatic carbocycles. The molecule has 1 aromatic rings. The second-order valence-corrected chi connectivity index (χ2v) is 4.03. The lowest BCUT2D eigenvalue weighted by Crippen LogP contribution is -2.19. The van der Waals surface area contributed by atoms with Gasteiger partial charge in [0, 0.05) is 6.07 Å². The molecule has 2 atom stereocenters. The molecule has 1 aromatic carbocycles. The van der Waals surface area contributed by atoms with Gasteiger partial charge in [-0.15, -0.1) is 0 Å². The fourth-order valence-corrected chi connectivity index (χ4v) is 1.91. The van der Waals surface area contributed by atoms with Gasteiger partial charge in [0.2, 0.25) is 0 Å². The molecule has 0 spiro atoms. The van der Waals surface area contributed by atoms with Gasteiger partial charge in [-0.2, -0.15) is 4.21 Å². The molecule has 1 saturated heterocycles. The number of methoxy groups -OCH3 is 1. The summed E-state index contributed by atoms with van der Waals surface area (Å²) in [5.41, 5.74) is 0. The highest BCUT2D eigenvalue weighted by atomic mass is 32.2. The number of ether oxygens (including phenoxy) is 2. The van der Waals surface area contributed by atoms with Crippen molar-refractivity contribution in [1.82, 2.24) is 0 Å². The second kappa shape index (κ2) is 5.29. The maximum atomic E-state index is 10.8. The Bertz CT molecular complexity index is 381. The molecule has 0 bridgehead atoms. The van der Waals surface area contributed by atoms with Crippen LogP contribution < -0.4 is 9.47 Å². The number of benzene rings is 1. The molecule has 16 heavy (non-hydrogen) atoms. The first-order valence-electron chi connectivity index (χ1n) is 4.77. The molecule has 1 aliphatic rings. The maximum absolute atomic E-state index is 10.8. The van der Waals surface area contributed by atoms with E-state index in [0.29, 0.717) is 12.4 Å². The van der Waals surface area contributed by atoms with Crippen LogP contribution in [0.2, 0.25) is 0 Å². The van der Waals surface area contributed by atoms with Crippen LogP contribution in [0.5, 0.6) is 11.5 Å². The first-order chi connectivity index (χ1) is 7.78. The minimum absolute atomic E-state index is 0.285. The lowest BCUT2D eigenvalue weighted by molar-refractivity contribution is 0.151. The predicted octanol–water partition coefficient (Wildman–Crippen LogP) is 1.07. The van der Waals surface area contributed by atoms with Gasteiger partial charge in [-0.25, -0.2) is 0 Å². The van der Waals surface area contributed by atoms with Gasteiger partial charge in [0.25, 0.3) is 0 Å². The van der Waals surface area contributed by atoms with Gasteiger partial charge in [-0.1, -0.05) is 6.07 Å². The van der Waals surface area contributed by atoms with Crippen LogP contribution >= 0.6 is 0 Å². The van der Waals surface area contributed by atoms with Gasteiger partial charge >= 0.3 is 11.4 Å². The molecule has 1 aliphatic heterocycles. The molecule has 1 heterocycles. The molecular formula is C10H12O5S. The van der Waals surface area contributed by atoms with Crippen LogP contribution in [0.1, 0.15) is 0 Å². The molecule has 5 nitrogen and oxygen atoms in total. The van der Waals surface area contributed by atoms with E-state index in [9.17, 15) is 4.21 Å². The van der Waals surface area contributed by atoms with Gasteiger partial charge in [-0.3, -0.25) is 8.37 Å². The lowest BCUT2D eigenvalue weighted by atomic mass is 10.3. The van der Waals surface area contributed by atoms with Crippen molar-refractivity contribution in [3.05, 3.63) is 24.3 Å². The summed E-state index contributed by atoms with van der Waals surface area (Å²) in [6, 6.07) is 7.25. The van der Waals surface area contributed by atoms with Crippen molar-refractivity contribution < 1.29 is 22.0 Å². The number of hydrogen-bond acceptors (Lipinski definition) is 5. The van der Waals surface area contributed by atoms with E-state index in [4.69, 9.17) is 17.8 Å². The van der Waals surface area contributed by atoms with Crippen molar-refractivity contribution in [3.63, 3.8) is 0 Å². The van der Waals surface area contributed by atoms with Gasteiger partial charge in [0.1, 0.15) is 24.2 Å². The van der Waals surface area contributed by atoms with Crippen molar-refractivity contribution in [2.24, 2.45) is 0 Å². The maximum Gasteiger partial charge on any atom is 0.305 e. The van der Waals surface area contributed by atoms with E-state index >= 15 is 0 Å². The minimum Gasteiger partial charge on any atom is -0.497 e. The van der Waals surface area contributed by atoms with E-state index in [1.54, 1.807) is 13.2 Å². The average Bonchev–Trinajstić information content (AvgIpc) is 2.73. The van der Waals surface area contributed by atoms with E-state index in [0.717, 1.165) is 5.75 Å². The monoisotopic (exact) mass is 244 g/mol. The summed E-state index contributed by atoms with van der Waals surface area (Å²) in [7, 11) is 1.59. The van der Waals surface area contributed by atoms with Crippen LogP contribution in [0.25, 0.3) is 0 Å². The van der Waals surface area contributed by atoms with Crippen LogP contribution in [-0.4, -0.2) is 30.6 Å². The Morgan fingerprint density at radius 2 is 2.31 bits per heavy atom. The summed E-state index contributed by atoms with van der Waals surface area (Å²) >= 11 is -1.62. The Hall–Kier alpha value is -1.11. The van der Waals surface area contributed by atoms with Crippen LogP contribution in [-0.2, 0) is 19.7 Å². The summed E-state index contributed by atoms with van der Waals surface area (Å²) in [4.78, 5) is 0. The Morgan fingerprint density at radius 1 is 1.50 bits per heavy atom. The highest BCUT2D eigenvalue weighted by molar-refractivity contribution is 7.75. The number of rotatable bonds is 4. The summed E-state index contributed by atoms with van der Waals surface area (Å²) in [6.07, 6.45) is -0.285. The molecule has 6 heteroatoms. The molecule has 2 unspecified atom stereocenters. The minimum atomic E-state index is -1.62. The van der Waals surface area contributed by atoms with Crippen LogP contribution in [0.15, 0.2) is 24.3 Å². The summed E-state index contributed by atoms with van der Waals surface area (Å²) in [5, 5.41) is 0. The summed E-state index contributed by atoms with van der Waals surface area (Å²) in [5.74, 6) is 1.41. The summed E-state index contributed by atoms with van der Waals surface area (Å²) < 4.78 is 31.0. The highest BCUT2D eigenvalue weighted by Gasteiger charge is 2.23. The normalized spacial score (nSPS) is 24.3. The first-order valence-corrected chi connectivity index (χ1v) is 5.77. The zero-order chi connectivity index (χ0) is 11.4. The molecule has 2 rings (SSSR count). The third kappa shape index (κ3) is 2.94. The van der Waals surface area contributed by atoms with Gasteiger partial charge in [0.15, 0.2) is 0 Å². The van der Waals surface area contributed by atoms with Crippen molar-refractivity contribution in [3.8, 4) is 11.5 Å². The molecule has 0 saturated carbocycles. The van der Waals surface area contributed by atoms with E-state index in [-0.39, 0.29) is 12.7 Å². The zero-order valence-corrected chi connectivity index (χ0v) is 9.57. The molecule has 0 N–H and O–H groups in total. The third-order valence-corrected chi connectivity index (χ3v) is 2.80. The highest BCUT2D eigenvalue weighted by Crippen LogP contribution is 2.19. The van der Waals surface area contributed by atoms with Crippen molar-refractivity contribution in [2.75, 3.05) is 20.3 Å². The van der Waals surface area contributed by atoms with Crippen LogP contribution in [0.4, 0.5) is 0 Å². The van der Waals surface area contributed by atoms with Crippen LogP contribution in [0.3, 0.4) is 0 Å². The average molecular weight is 244 g/mol. The molecule has 1 fully saturated rings. The van der Waals surface area contributed by atoms with E-state index in [1.165, 1.54) is 0 Å². The Labute approximate surface area is 96.1 Å². The van der Waals surface area contributed by atoms with Crippen molar-refractivity contribution in [2.45, 2.75) is 6.10 Å². The van der Waals surface area contributed by atoms with E-state index in [2.05, 4.69) is 0 Å². The van der Waals surface area contributed by atoms with Crippen molar-refractivity contribution >= 4 is 11.4 Å². The first kappa shape index (κ1) is 11.4. The quantitative estimate of drug-likeness (QED) is 0.793. The van der Waals surface area contributed by atoms with Crippen molar-refractivity contribution in [1.29, 1.82) is 0 Å². The Balaban J connectivity index is 1.87. The molecule has 0 aromatic heterocycles. The van der Waals surface area contributed by atoms with E-state index in [1.807, 2.05) is 18.2 Å². The predicted molar refractivity (Wildman–Crippen MR) is 57.5 cm³/mol. The zero-order valence-electron chi connectivity index (χ0n) is 8.75. The standard InChI is InChI=1S/C10H12O5S/c1-12-8-3-2-4-9(5-8)13-6-10-7-14-16(11)15-10/h2-5,10H,6-7H2,1H3. The molecule has 0 radical (unpaired) electrons. The van der Waals surface area contributed by atoms with Gasteiger partial charge in [-0.05, 0) is 12.1 Å². The molecular weight excluding hydrogens is 232 g/mol. The van der Waals surface area contributed by atoms with Gasteiger partial charge in [0.05, 0.1) is 13.7 Å². The lowest BCUT2D eigenvalue weighted by Gasteiger charge is -2.09. The second-order valence-electron chi connectivity index (χ2n) is 3.20. The molecule has 0 amide bonds. The SMILES string of the molecule is COc1cccc(OCC2COS(=O)O2)c1. The fourth-order valence-electron chi connectivity index (χ4n) is 1.25. The largest absolute Gasteiger partial charge is 0.497 e. The molecule has 88 valence electrons. The smallest absolute Gasteiger partial charge is 0.305 e.